The molecular formula is C23H35N5O3. The van der Waals surface area contributed by atoms with Gasteiger partial charge in [-0.15, -0.1) is 0 Å². The molecule has 0 fully saturated rings. The first-order valence-electron chi connectivity index (χ1n) is 11.3. The molecule has 0 aliphatic rings. The Bertz CT molecular complexity index is 783. The van der Waals surface area contributed by atoms with Crippen LogP contribution in [0.3, 0.4) is 0 Å². The maximum atomic E-state index is 11.0. The largest absolute Gasteiger partial charge is 0.478 e. The van der Waals surface area contributed by atoms with Crippen molar-refractivity contribution in [2.24, 2.45) is 5.73 Å². The number of hydrogen-bond donors (Lipinski definition) is 3. The molecule has 0 spiro atoms. The first-order chi connectivity index (χ1) is 15.1. The number of aromatic nitrogens is 3. The molecule has 0 aliphatic carbocycles. The fourth-order valence-electron chi connectivity index (χ4n) is 3.23. The van der Waals surface area contributed by atoms with Gasteiger partial charge in [-0.25, -0.2) is 4.79 Å². The number of carboxylic acid groups (broad SMARTS) is 1. The van der Waals surface area contributed by atoms with E-state index >= 15 is 0 Å². The number of nitrogens with one attached hydrogen (secondary N) is 1. The minimum Gasteiger partial charge on any atom is -0.478 e. The van der Waals surface area contributed by atoms with E-state index in [0.29, 0.717) is 30.8 Å². The van der Waals surface area contributed by atoms with Crippen molar-refractivity contribution >= 4 is 11.9 Å². The van der Waals surface area contributed by atoms with E-state index < -0.39 is 5.97 Å². The predicted octanol–water partition coefficient (Wildman–Crippen LogP) is 4.05. The van der Waals surface area contributed by atoms with E-state index in [1.165, 1.54) is 38.5 Å². The molecule has 0 radical (unpaired) electrons. The van der Waals surface area contributed by atoms with Crippen LogP contribution < -0.4 is 15.8 Å². The fourth-order valence-corrected chi connectivity index (χ4v) is 3.23. The summed E-state index contributed by atoms with van der Waals surface area (Å²) >= 11 is 0. The van der Waals surface area contributed by atoms with Crippen molar-refractivity contribution in [2.45, 2.75) is 64.7 Å². The van der Waals surface area contributed by atoms with Crippen molar-refractivity contribution in [3.63, 3.8) is 0 Å². The molecule has 8 nitrogen and oxygen atoms in total. The summed E-state index contributed by atoms with van der Waals surface area (Å²) in [6.07, 6.45) is 10.2. The van der Waals surface area contributed by atoms with Crippen LogP contribution in [0, 0.1) is 0 Å². The van der Waals surface area contributed by atoms with Gasteiger partial charge in [-0.3, -0.25) is 0 Å². The maximum Gasteiger partial charge on any atom is 0.335 e. The van der Waals surface area contributed by atoms with E-state index in [2.05, 4.69) is 20.3 Å². The number of ether oxygens (including phenoxy) is 1. The molecule has 31 heavy (non-hydrogen) atoms. The number of rotatable bonds is 16. The SMILES string of the molecule is CCOc1nc(Cc2ccc(C(=O)O)cc2)nc(NCCCCCCCCCCN)n1. The first-order valence-corrected chi connectivity index (χ1v) is 11.3. The third-order valence-corrected chi connectivity index (χ3v) is 4.91. The molecule has 2 aromatic rings. The molecule has 170 valence electrons. The molecular weight excluding hydrogens is 394 g/mol. The van der Waals surface area contributed by atoms with Gasteiger partial charge in [-0.1, -0.05) is 50.7 Å². The second kappa shape index (κ2) is 14.3. The van der Waals surface area contributed by atoms with Crippen LogP contribution in [-0.2, 0) is 6.42 Å². The van der Waals surface area contributed by atoms with E-state index in [1.54, 1.807) is 24.3 Å². The highest BCUT2D eigenvalue weighted by Crippen LogP contribution is 2.14. The lowest BCUT2D eigenvalue weighted by Crippen LogP contribution is -2.11. The first kappa shape index (κ1) is 24.5. The van der Waals surface area contributed by atoms with E-state index in [-0.39, 0.29) is 5.56 Å². The summed E-state index contributed by atoms with van der Waals surface area (Å²) in [4.78, 5) is 24.2. The molecule has 0 bridgehead atoms. The minimum atomic E-state index is -0.941. The fraction of sp³-hybridized carbons (Fsp3) is 0.565. The monoisotopic (exact) mass is 429 g/mol. The molecule has 8 heteroatoms. The second-order valence-electron chi connectivity index (χ2n) is 7.51. The quantitative estimate of drug-likeness (QED) is 0.341. The van der Waals surface area contributed by atoms with Gasteiger partial charge in [0.2, 0.25) is 5.95 Å². The van der Waals surface area contributed by atoms with E-state index in [1.807, 2.05) is 6.92 Å². The summed E-state index contributed by atoms with van der Waals surface area (Å²) in [6.45, 7) is 3.96. The van der Waals surface area contributed by atoms with Gasteiger partial charge in [0.05, 0.1) is 12.2 Å². The molecule has 1 aromatic heterocycles. The molecule has 4 N–H and O–H groups in total. The number of unbranched alkanes of at least 4 members (excludes halogenated alkanes) is 7. The van der Waals surface area contributed by atoms with Crippen LogP contribution in [0.5, 0.6) is 6.01 Å². The van der Waals surface area contributed by atoms with Gasteiger partial charge in [0, 0.05) is 13.0 Å². The summed E-state index contributed by atoms with van der Waals surface area (Å²) < 4.78 is 5.49. The number of anilines is 1. The second-order valence-corrected chi connectivity index (χ2v) is 7.51. The zero-order chi connectivity index (χ0) is 22.3. The van der Waals surface area contributed by atoms with Crippen molar-refractivity contribution in [2.75, 3.05) is 25.0 Å². The van der Waals surface area contributed by atoms with Gasteiger partial charge >= 0.3 is 12.0 Å². The van der Waals surface area contributed by atoms with Gasteiger partial charge in [0.15, 0.2) is 0 Å². The maximum absolute atomic E-state index is 11.0. The van der Waals surface area contributed by atoms with Gasteiger partial charge in [0.1, 0.15) is 5.82 Å². The number of aromatic carboxylic acids is 1. The third-order valence-electron chi connectivity index (χ3n) is 4.91. The Kier molecular flexibility index (Phi) is 11.3. The van der Waals surface area contributed by atoms with E-state index in [9.17, 15) is 4.79 Å². The molecule has 0 atom stereocenters. The molecule has 0 unspecified atom stereocenters. The van der Waals surface area contributed by atoms with E-state index in [0.717, 1.165) is 31.5 Å². The molecule has 1 aromatic carbocycles. The lowest BCUT2D eigenvalue weighted by molar-refractivity contribution is 0.0697. The van der Waals surface area contributed by atoms with E-state index in [4.69, 9.17) is 15.6 Å². The van der Waals surface area contributed by atoms with Crippen molar-refractivity contribution in [1.82, 2.24) is 15.0 Å². The standard InChI is InChI=1S/C23H35N5O3/c1-2-31-23-27-20(17-18-11-13-19(14-12-18)21(29)30)26-22(28-23)25-16-10-8-6-4-3-5-7-9-15-24/h11-14H,2-10,15-17,24H2,1H3,(H,29,30)(H,25,26,27,28). The average molecular weight is 430 g/mol. The Morgan fingerprint density at radius 1 is 0.968 bits per heavy atom. The summed E-state index contributed by atoms with van der Waals surface area (Å²) in [5.74, 6) is 0.155. The van der Waals surface area contributed by atoms with Crippen molar-refractivity contribution in [3.05, 3.63) is 41.2 Å². The molecule has 1 heterocycles. The Hall–Kier alpha value is -2.74. The number of carboxylic acids is 1. The highest BCUT2D eigenvalue weighted by Gasteiger charge is 2.09. The van der Waals surface area contributed by atoms with Gasteiger partial charge in [-0.2, -0.15) is 15.0 Å². The Morgan fingerprint density at radius 3 is 2.23 bits per heavy atom. The predicted molar refractivity (Wildman–Crippen MR) is 122 cm³/mol. The van der Waals surface area contributed by atoms with Crippen LogP contribution in [0.2, 0.25) is 0 Å². The van der Waals surface area contributed by atoms with Gasteiger partial charge in [0.25, 0.3) is 0 Å². The molecule has 0 saturated heterocycles. The summed E-state index contributed by atoms with van der Waals surface area (Å²) in [5.41, 5.74) is 6.70. The van der Waals surface area contributed by atoms with Crippen LogP contribution in [0.4, 0.5) is 5.95 Å². The molecule has 0 saturated carbocycles. The lowest BCUT2D eigenvalue weighted by Gasteiger charge is -2.09. The lowest BCUT2D eigenvalue weighted by atomic mass is 10.1. The minimum absolute atomic E-state index is 0.257. The topological polar surface area (TPSA) is 123 Å². The van der Waals surface area contributed by atoms with Crippen LogP contribution in [0.1, 0.15) is 80.0 Å². The van der Waals surface area contributed by atoms with Crippen molar-refractivity contribution in [3.8, 4) is 6.01 Å². The zero-order valence-corrected chi connectivity index (χ0v) is 18.5. The number of nitrogens with two attached hydrogens (primary N) is 1. The number of benzene rings is 1. The Labute approximate surface area is 184 Å². The Morgan fingerprint density at radius 2 is 1.61 bits per heavy atom. The number of carbonyl (C=O) groups is 1. The zero-order valence-electron chi connectivity index (χ0n) is 18.5. The normalized spacial score (nSPS) is 10.8. The smallest absolute Gasteiger partial charge is 0.335 e. The van der Waals surface area contributed by atoms with Crippen molar-refractivity contribution in [1.29, 1.82) is 0 Å². The van der Waals surface area contributed by atoms with Crippen LogP contribution in [0.15, 0.2) is 24.3 Å². The Balaban J connectivity index is 1.81. The van der Waals surface area contributed by atoms with Crippen LogP contribution in [0.25, 0.3) is 0 Å². The summed E-state index contributed by atoms with van der Waals surface area (Å²) in [7, 11) is 0. The van der Waals surface area contributed by atoms with Crippen LogP contribution in [-0.4, -0.2) is 45.7 Å². The van der Waals surface area contributed by atoms with Crippen molar-refractivity contribution < 1.29 is 14.6 Å². The highest BCUT2D eigenvalue weighted by atomic mass is 16.5. The van der Waals surface area contributed by atoms with Gasteiger partial charge in [-0.05, 0) is 44.0 Å². The summed E-state index contributed by atoms with van der Waals surface area (Å²) in [5, 5.41) is 12.3. The highest BCUT2D eigenvalue weighted by molar-refractivity contribution is 5.87. The number of hydrogen-bond acceptors (Lipinski definition) is 7. The molecule has 0 amide bonds. The number of nitrogens with zero attached hydrogens (tertiary/aromatic N) is 3. The third kappa shape index (κ3) is 9.74. The summed E-state index contributed by atoms with van der Waals surface area (Å²) in [6, 6.07) is 7.02. The van der Waals surface area contributed by atoms with Gasteiger partial charge < -0.3 is 20.9 Å². The molecule has 2 rings (SSSR count). The van der Waals surface area contributed by atoms with Crippen LogP contribution >= 0.6 is 0 Å². The molecule has 0 aliphatic heterocycles. The average Bonchev–Trinajstić information content (AvgIpc) is 2.75.